The highest BCUT2D eigenvalue weighted by molar-refractivity contribution is 6.33. The molecule has 0 aliphatic rings. The van der Waals surface area contributed by atoms with Gasteiger partial charge in [-0.05, 0) is 36.8 Å². The Balaban J connectivity index is 2.20. The molecule has 1 unspecified atom stereocenters. The molecule has 20 heavy (non-hydrogen) atoms. The Hall–Kier alpha value is -2.07. The fourth-order valence-corrected chi connectivity index (χ4v) is 2.03. The highest BCUT2D eigenvalue weighted by Crippen LogP contribution is 2.29. The molecule has 0 radical (unpaired) electrons. The van der Waals surface area contributed by atoms with Crippen molar-refractivity contribution in [1.82, 2.24) is 4.98 Å². The Bertz CT molecular complexity index is 602. The number of pyridine rings is 1. The number of nitrogens with one attached hydrogen (secondary N) is 1. The summed E-state index contributed by atoms with van der Waals surface area (Å²) in [5, 5.41) is 3.65. The molecular formula is C15H15ClN2O2. The average Bonchev–Trinajstić information content (AvgIpc) is 2.48. The molecule has 0 saturated heterocycles. The maximum Gasteiger partial charge on any atom is 0.312 e. The Kier molecular flexibility index (Phi) is 4.58. The van der Waals surface area contributed by atoms with Gasteiger partial charge in [0.25, 0.3) is 0 Å². The Morgan fingerprint density at radius 3 is 2.75 bits per heavy atom. The van der Waals surface area contributed by atoms with E-state index >= 15 is 0 Å². The van der Waals surface area contributed by atoms with Gasteiger partial charge in [-0.3, -0.25) is 4.79 Å². The summed E-state index contributed by atoms with van der Waals surface area (Å²) in [4.78, 5) is 15.7. The number of ether oxygens (including phenoxy) is 1. The zero-order valence-electron chi connectivity index (χ0n) is 11.3. The van der Waals surface area contributed by atoms with E-state index in [2.05, 4.69) is 10.3 Å². The molecule has 0 fully saturated rings. The summed E-state index contributed by atoms with van der Waals surface area (Å²) in [6.45, 7) is 1.78. The summed E-state index contributed by atoms with van der Waals surface area (Å²) < 4.78 is 4.72. The number of esters is 1. The van der Waals surface area contributed by atoms with E-state index in [9.17, 15) is 4.79 Å². The number of rotatable bonds is 4. The molecule has 2 aromatic rings. The quantitative estimate of drug-likeness (QED) is 0.871. The van der Waals surface area contributed by atoms with Crippen LogP contribution < -0.4 is 5.32 Å². The minimum atomic E-state index is -0.346. The highest BCUT2D eigenvalue weighted by atomic mass is 35.5. The second-order valence-corrected chi connectivity index (χ2v) is 4.73. The lowest BCUT2D eigenvalue weighted by Crippen LogP contribution is -2.10. The number of nitrogens with zero attached hydrogens (tertiary/aromatic N) is 1. The normalized spacial score (nSPS) is 11.8. The largest absolute Gasteiger partial charge is 0.469 e. The van der Waals surface area contributed by atoms with Gasteiger partial charge in [-0.25, -0.2) is 4.98 Å². The number of benzene rings is 1. The summed E-state index contributed by atoms with van der Waals surface area (Å²) in [5.41, 5.74) is 1.56. The highest BCUT2D eigenvalue weighted by Gasteiger charge is 2.16. The minimum Gasteiger partial charge on any atom is -0.469 e. The number of carbonyl (C=O) groups is 1. The molecule has 0 bridgehead atoms. The molecular weight excluding hydrogens is 276 g/mol. The lowest BCUT2D eigenvalue weighted by atomic mass is 10.0. The van der Waals surface area contributed by atoms with Crippen LogP contribution in [0.1, 0.15) is 18.4 Å². The third-order valence-corrected chi connectivity index (χ3v) is 3.29. The summed E-state index contributed by atoms with van der Waals surface area (Å²) in [5.74, 6) is 0.0797. The molecule has 104 valence electrons. The van der Waals surface area contributed by atoms with Crippen molar-refractivity contribution in [3.8, 4) is 0 Å². The van der Waals surface area contributed by atoms with Crippen LogP contribution in [0.4, 0.5) is 11.5 Å². The molecule has 1 heterocycles. The molecule has 1 aromatic heterocycles. The van der Waals surface area contributed by atoms with Crippen LogP contribution >= 0.6 is 11.6 Å². The van der Waals surface area contributed by atoms with Crippen molar-refractivity contribution in [3.63, 3.8) is 0 Å². The summed E-state index contributed by atoms with van der Waals surface area (Å²) in [7, 11) is 1.37. The standard InChI is InChI=1S/C15H15ClN2O2/c1-10(15(19)20-2)11-6-7-13(12(16)9-11)18-14-5-3-4-8-17-14/h3-10H,1-2H3,(H,17,18). The van der Waals surface area contributed by atoms with Crippen molar-refractivity contribution in [3.05, 3.63) is 53.2 Å². The number of anilines is 2. The van der Waals surface area contributed by atoms with Gasteiger partial charge in [0.15, 0.2) is 0 Å². The second-order valence-electron chi connectivity index (χ2n) is 4.32. The van der Waals surface area contributed by atoms with Gasteiger partial charge in [-0.15, -0.1) is 0 Å². The van der Waals surface area contributed by atoms with E-state index in [1.807, 2.05) is 30.3 Å². The summed E-state index contributed by atoms with van der Waals surface area (Å²) in [6.07, 6.45) is 1.70. The molecule has 4 nitrogen and oxygen atoms in total. The van der Waals surface area contributed by atoms with Crippen molar-refractivity contribution < 1.29 is 9.53 Å². The number of hydrogen-bond acceptors (Lipinski definition) is 4. The van der Waals surface area contributed by atoms with E-state index in [-0.39, 0.29) is 11.9 Å². The molecule has 1 N–H and O–H groups in total. The predicted molar refractivity (Wildman–Crippen MR) is 79.4 cm³/mol. The van der Waals surface area contributed by atoms with E-state index in [0.29, 0.717) is 10.8 Å². The van der Waals surface area contributed by atoms with E-state index < -0.39 is 0 Å². The van der Waals surface area contributed by atoms with Crippen LogP contribution in [0.3, 0.4) is 0 Å². The Labute approximate surface area is 122 Å². The number of aromatic nitrogens is 1. The molecule has 1 atom stereocenters. The molecule has 0 amide bonds. The van der Waals surface area contributed by atoms with Crippen molar-refractivity contribution in [1.29, 1.82) is 0 Å². The predicted octanol–water partition coefficient (Wildman–Crippen LogP) is 3.76. The first-order valence-corrected chi connectivity index (χ1v) is 6.55. The van der Waals surface area contributed by atoms with E-state index in [1.54, 1.807) is 19.2 Å². The zero-order chi connectivity index (χ0) is 14.5. The second kappa shape index (κ2) is 6.39. The maximum atomic E-state index is 11.5. The van der Waals surface area contributed by atoms with E-state index in [1.165, 1.54) is 7.11 Å². The van der Waals surface area contributed by atoms with Crippen molar-refractivity contribution in [2.24, 2.45) is 0 Å². The maximum absolute atomic E-state index is 11.5. The molecule has 0 spiro atoms. The summed E-state index contributed by atoms with van der Waals surface area (Å²) in [6, 6.07) is 11.0. The molecule has 1 aromatic carbocycles. The molecule has 2 rings (SSSR count). The van der Waals surface area contributed by atoms with Crippen LogP contribution in [0.25, 0.3) is 0 Å². The smallest absolute Gasteiger partial charge is 0.312 e. The van der Waals surface area contributed by atoms with Crippen LogP contribution in [0.5, 0.6) is 0 Å². The van der Waals surface area contributed by atoms with Gasteiger partial charge in [-0.2, -0.15) is 0 Å². The number of hydrogen-bond donors (Lipinski definition) is 1. The van der Waals surface area contributed by atoms with Crippen LogP contribution in [0.15, 0.2) is 42.6 Å². The molecule has 0 aliphatic heterocycles. The zero-order valence-corrected chi connectivity index (χ0v) is 12.0. The topological polar surface area (TPSA) is 51.2 Å². The average molecular weight is 291 g/mol. The van der Waals surface area contributed by atoms with E-state index in [0.717, 1.165) is 11.3 Å². The van der Waals surface area contributed by atoms with Gasteiger partial charge in [0.05, 0.1) is 23.7 Å². The number of carbonyl (C=O) groups excluding carboxylic acids is 1. The third kappa shape index (κ3) is 3.27. The molecule has 5 heteroatoms. The molecule has 0 aliphatic carbocycles. The minimum absolute atomic E-state index is 0.286. The SMILES string of the molecule is COC(=O)C(C)c1ccc(Nc2ccccn2)c(Cl)c1. The van der Waals surface area contributed by atoms with E-state index in [4.69, 9.17) is 16.3 Å². The first-order chi connectivity index (χ1) is 9.61. The first-order valence-electron chi connectivity index (χ1n) is 6.17. The fourth-order valence-electron chi connectivity index (χ4n) is 1.79. The lowest BCUT2D eigenvalue weighted by molar-refractivity contribution is -0.141. The van der Waals surface area contributed by atoms with Gasteiger partial charge in [0.1, 0.15) is 5.82 Å². The van der Waals surface area contributed by atoms with Gasteiger partial charge in [-0.1, -0.05) is 23.7 Å². The fraction of sp³-hybridized carbons (Fsp3) is 0.200. The number of methoxy groups -OCH3 is 1. The Morgan fingerprint density at radius 2 is 2.15 bits per heavy atom. The third-order valence-electron chi connectivity index (χ3n) is 2.98. The van der Waals surface area contributed by atoms with Crippen LogP contribution in [0.2, 0.25) is 5.02 Å². The van der Waals surface area contributed by atoms with Gasteiger partial charge in [0, 0.05) is 6.20 Å². The van der Waals surface area contributed by atoms with Crippen molar-refractivity contribution >= 4 is 29.1 Å². The summed E-state index contributed by atoms with van der Waals surface area (Å²) >= 11 is 6.23. The van der Waals surface area contributed by atoms with Gasteiger partial charge >= 0.3 is 5.97 Å². The van der Waals surface area contributed by atoms with Crippen molar-refractivity contribution in [2.75, 3.05) is 12.4 Å². The number of halogens is 1. The Morgan fingerprint density at radius 1 is 1.35 bits per heavy atom. The van der Waals surface area contributed by atoms with Crippen LogP contribution in [-0.2, 0) is 9.53 Å². The van der Waals surface area contributed by atoms with Crippen molar-refractivity contribution in [2.45, 2.75) is 12.8 Å². The lowest BCUT2D eigenvalue weighted by Gasteiger charge is -2.12. The first kappa shape index (κ1) is 14.3. The molecule has 0 saturated carbocycles. The van der Waals surface area contributed by atoms with Gasteiger partial charge < -0.3 is 10.1 Å². The van der Waals surface area contributed by atoms with Crippen LogP contribution in [0, 0.1) is 0 Å². The van der Waals surface area contributed by atoms with Crippen LogP contribution in [-0.4, -0.2) is 18.1 Å². The van der Waals surface area contributed by atoms with Gasteiger partial charge in [0.2, 0.25) is 0 Å². The monoisotopic (exact) mass is 290 g/mol.